The normalized spacial score (nSPS) is 19.8. The Labute approximate surface area is 165 Å². The van der Waals surface area contributed by atoms with Crippen molar-refractivity contribution in [3.8, 4) is 0 Å². The van der Waals surface area contributed by atoms with Crippen molar-refractivity contribution in [2.75, 3.05) is 5.32 Å². The van der Waals surface area contributed by atoms with Crippen LogP contribution < -0.4 is 10.6 Å². The Morgan fingerprint density at radius 3 is 2.65 bits per heavy atom. The van der Waals surface area contributed by atoms with Crippen molar-refractivity contribution in [3.63, 3.8) is 0 Å². The molecule has 2 aliphatic rings. The van der Waals surface area contributed by atoms with Crippen molar-refractivity contribution in [3.05, 3.63) is 69.7 Å². The molecule has 2 nitrogen and oxygen atoms in total. The fourth-order valence-corrected chi connectivity index (χ4v) is 4.49. The van der Waals surface area contributed by atoms with Crippen molar-refractivity contribution < 1.29 is 0 Å². The van der Waals surface area contributed by atoms with Crippen LogP contribution in [0.1, 0.15) is 55.8 Å². The number of nitrogens with one attached hydrogen (secondary N) is 2. The number of anilines is 1. The minimum absolute atomic E-state index is 0.194. The molecule has 1 aliphatic carbocycles. The largest absolute Gasteiger partial charge is 0.383 e. The van der Waals surface area contributed by atoms with Gasteiger partial charge in [0, 0.05) is 27.5 Å². The fraction of sp³-hybridized carbons (Fsp3) is 0.364. The number of benzene rings is 2. The second-order valence-corrected chi connectivity index (χ2v) is 8.73. The van der Waals surface area contributed by atoms with Gasteiger partial charge in [0.05, 0.1) is 6.04 Å². The first-order valence-corrected chi connectivity index (χ1v) is 9.95. The van der Waals surface area contributed by atoms with Crippen LogP contribution in [0.4, 0.5) is 5.69 Å². The predicted molar refractivity (Wildman–Crippen MR) is 112 cm³/mol. The summed E-state index contributed by atoms with van der Waals surface area (Å²) in [5.74, 6) is 0. The fourth-order valence-electron chi connectivity index (χ4n) is 4.06. The van der Waals surface area contributed by atoms with E-state index in [1.165, 1.54) is 29.7 Å². The van der Waals surface area contributed by atoms with Crippen molar-refractivity contribution in [1.82, 2.24) is 5.32 Å². The molecule has 1 spiro atoms. The standard InChI is InChI=1S/C22H24Cl2N2/c1-13(2)25-14(3)15-4-7-20-18(10-15)22(8-9-22)12-21(26-20)17-11-16(23)5-6-19(17)24/h4-7,10-11,13,21,25-26H,3,8-9,12H2,1-2H3. The molecule has 26 heavy (non-hydrogen) atoms. The highest BCUT2D eigenvalue weighted by molar-refractivity contribution is 6.33. The predicted octanol–water partition coefficient (Wildman–Crippen LogP) is 6.55. The summed E-state index contributed by atoms with van der Waals surface area (Å²) in [5.41, 5.74) is 6.12. The minimum atomic E-state index is 0.194. The Kier molecular flexibility index (Phi) is 4.45. The lowest BCUT2D eigenvalue weighted by molar-refractivity contribution is 0.533. The van der Waals surface area contributed by atoms with Gasteiger partial charge in [-0.25, -0.2) is 0 Å². The van der Waals surface area contributed by atoms with Crippen LogP contribution in [0.5, 0.6) is 0 Å². The molecule has 1 saturated carbocycles. The molecule has 1 atom stereocenters. The van der Waals surface area contributed by atoms with Gasteiger partial charge in [-0.2, -0.15) is 0 Å². The average molecular weight is 387 g/mol. The van der Waals surface area contributed by atoms with Crippen molar-refractivity contribution in [2.45, 2.75) is 50.6 Å². The first kappa shape index (κ1) is 17.8. The lowest BCUT2D eigenvalue weighted by atomic mass is 9.81. The lowest BCUT2D eigenvalue weighted by Gasteiger charge is -2.35. The van der Waals surface area contributed by atoms with E-state index in [0.717, 1.165) is 27.7 Å². The SMILES string of the molecule is C=C(NC(C)C)c1ccc2c(c1)C1(CC1)CC(c1cc(Cl)ccc1Cl)N2. The molecule has 0 radical (unpaired) electrons. The Balaban J connectivity index is 1.68. The Morgan fingerprint density at radius 1 is 1.19 bits per heavy atom. The third kappa shape index (κ3) is 3.21. The maximum absolute atomic E-state index is 6.47. The van der Waals surface area contributed by atoms with Gasteiger partial charge < -0.3 is 10.6 Å². The van der Waals surface area contributed by atoms with E-state index in [1.54, 1.807) is 0 Å². The van der Waals surface area contributed by atoms with E-state index in [2.05, 4.69) is 49.3 Å². The van der Waals surface area contributed by atoms with Crippen LogP contribution in [0.2, 0.25) is 10.0 Å². The maximum atomic E-state index is 6.47. The zero-order valence-corrected chi connectivity index (χ0v) is 16.7. The summed E-state index contributed by atoms with van der Waals surface area (Å²) in [6.45, 7) is 8.47. The van der Waals surface area contributed by atoms with Gasteiger partial charge >= 0.3 is 0 Å². The van der Waals surface area contributed by atoms with E-state index in [1.807, 2.05) is 18.2 Å². The van der Waals surface area contributed by atoms with E-state index in [9.17, 15) is 0 Å². The molecule has 2 N–H and O–H groups in total. The molecule has 1 aliphatic heterocycles. The zero-order valence-electron chi connectivity index (χ0n) is 15.2. The minimum Gasteiger partial charge on any atom is -0.383 e. The zero-order chi connectivity index (χ0) is 18.5. The van der Waals surface area contributed by atoms with Gasteiger partial charge in [0.1, 0.15) is 0 Å². The first-order chi connectivity index (χ1) is 12.4. The molecule has 0 aromatic heterocycles. The number of hydrogen-bond acceptors (Lipinski definition) is 2. The van der Waals surface area contributed by atoms with Crippen LogP contribution in [0, 0.1) is 0 Å². The van der Waals surface area contributed by atoms with Gasteiger partial charge in [-0.15, -0.1) is 0 Å². The van der Waals surface area contributed by atoms with E-state index in [-0.39, 0.29) is 11.5 Å². The second-order valence-electron chi connectivity index (χ2n) is 7.89. The molecule has 4 heteroatoms. The van der Waals surface area contributed by atoms with Gasteiger partial charge in [-0.3, -0.25) is 0 Å². The van der Waals surface area contributed by atoms with Gasteiger partial charge in [0.15, 0.2) is 0 Å². The quantitative estimate of drug-likeness (QED) is 0.622. The number of rotatable bonds is 4. The van der Waals surface area contributed by atoms with Crippen LogP contribution in [0.3, 0.4) is 0 Å². The summed E-state index contributed by atoms with van der Waals surface area (Å²) in [6.07, 6.45) is 3.50. The van der Waals surface area contributed by atoms with Crippen molar-refractivity contribution in [1.29, 1.82) is 0 Å². The molecule has 1 unspecified atom stereocenters. The third-order valence-corrected chi connectivity index (χ3v) is 6.09. The van der Waals surface area contributed by atoms with Crippen LogP contribution >= 0.6 is 23.2 Å². The summed E-state index contributed by atoms with van der Waals surface area (Å²) in [7, 11) is 0. The highest BCUT2D eigenvalue weighted by atomic mass is 35.5. The molecular formula is C22H24Cl2N2. The topological polar surface area (TPSA) is 24.1 Å². The first-order valence-electron chi connectivity index (χ1n) is 9.20. The second kappa shape index (κ2) is 6.51. The molecule has 136 valence electrons. The lowest BCUT2D eigenvalue weighted by Crippen LogP contribution is -2.27. The third-order valence-electron chi connectivity index (χ3n) is 5.51. The van der Waals surface area contributed by atoms with Crippen LogP contribution in [0.25, 0.3) is 5.70 Å². The average Bonchev–Trinajstić information content (AvgIpc) is 3.36. The summed E-state index contributed by atoms with van der Waals surface area (Å²) in [4.78, 5) is 0. The highest BCUT2D eigenvalue weighted by Gasteiger charge is 2.50. The summed E-state index contributed by atoms with van der Waals surface area (Å²) in [5, 5.41) is 8.61. The molecule has 1 fully saturated rings. The summed E-state index contributed by atoms with van der Waals surface area (Å²) < 4.78 is 0. The van der Waals surface area contributed by atoms with Gasteiger partial charge in [0.25, 0.3) is 0 Å². The van der Waals surface area contributed by atoms with Gasteiger partial charge in [-0.1, -0.05) is 35.8 Å². The number of hydrogen-bond donors (Lipinski definition) is 2. The Morgan fingerprint density at radius 2 is 1.96 bits per heavy atom. The van der Waals surface area contributed by atoms with Crippen molar-refractivity contribution >= 4 is 34.6 Å². The van der Waals surface area contributed by atoms with Crippen LogP contribution in [-0.2, 0) is 5.41 Å². The highest BCUT2D eigenvalue weighted by Crippen LogP contribution is 2.59. The van der Waals surface area contributed by atoms with E-state index < -0.39 is 0 Å². The molecular weight excluding hydrogens is 363 g/mol. The van der Waals surface area contributed by atoms with E-state index in [4.69, 9.17) is 23.2 Å². The molecule has 0 saturated heterocycles. The van der Waals surface area contributed by atoms with E-state index >= 15 is 0 Å². The monoisotopic (exact) mass is 386 g/mol. The number of halogens is 2. The smallest absolute Gasteiger partial charge is 0.0537 e. The van der Waals surface area contributed by atoms with Crippen LogP contribution in [-0.4, -0.2) is 6.04 Å². The molecule has 1 heterocycles. The molecule has 0 amide bonds. The molecule has 4 rings (SSSR count). The molecule has 2 aromatic carbocycles. The van der Waals surface area contributed by atoms with Gasteiger partial charge in [-0.05, 0) is 85.5 Å². The Bertz CT molecular complexity index is 868. The maximum Gasteiger partial charge on any atom is 0.0537 e. The van der Waals surface area contributed by atoms with Crippen LogP contribution in [0.15, 0.2) is 43.0 Å². The van der Waals surface area contributed by atoms with Crippen molar-refractivity contribution in [2.24, 2.45) is 0 Å². The molecule has 2 aromatic rings. The summed E-state index contributed by atoms with van der Waals surface area (Å²) >= 11 is 12.7. The molecule has 0 bridgehead atoms. The number of fused-ring (bicyclic) bond motifs is 2. The van der Waals surface area contributed by atoms with Gasteiger partial charge in [0.2, 0.25) is 0 Å². The Hall–Kier alpha value is -1.64. The van der Waals surface area contributed by atoms with E-state index in [0.29, 0.717) is 6.04 Å². The summed E-state index contributed by atoms with van der Waals surface area (Å²) in [6, 6.07) is 12.9.